The van der Waals surface area contributed by atoms with E-state index in [1.54, 1.807) is 16.9 Å². The van der Waals surface area contributed by atoms with Crippen LogP contribution in [0.15, 0.2) is 36.7 Å². The van der Waals surface area contributed by atoms with Gasteiger partial charge in [-0.3, -0.25) is 14.7 Å². The van der Waals surface area contributed by atoms with Gasteiger partial charge < -0.3 is 5.32 Å². The van der Waals surface area contributed by atoms with Gasteiger partial charge in [0.15, 0.2) is 5.65 Å². The highest BCUT2D eigenvalue weighted by Gasteiger charge is 2.26. The maximum absolute atomic E-state index is 12.6. The molecule has 0 saturated carbocycles. The zero-order chi connectivity index (χ0) is 18.1. The molecule has 1 amide bonds. The number of carbonyl (C=O) groups excluding carboxylic acids is 1. The molecule has 3 aromatic heterocycles. The molecule has 134 valence electrons. The molecule has 1 aliphatic heterocycles. The van der Waals surface area contributed by atoms with Crippen LogP contribution in [0, 0.1) is 6.92 Å². The van der Waals surface area contributed by atoms with Crippen LogP contribution in [0.4, 0.5) is 0 Å². The zero-order valence-corrected chi connectivity index (χ0v) is 15.0. The van der Waals surface area contributed by atoms with Gasteiger partial charge in [0.25, 0.3) is 5.91 Å². The van der Waals surface area contributed by atoms with Gasteiger partial charge in [0.1, 0.15) is 5.56 Å². The molecule has 26 heavy (non-hydrogen) atoms. The van der Waals surface area contributed by atoms with Crippen molar-refractivity contribution in [3.8, 4) is 0 Å². The normalized spacial score (nSPS) is 17.7. The maximum Gasteiger partial charge on any atom is 0.257 e. The Bertz CT molecular complexity index is 950. The fraction of sp³-hybridized carbons (Fsp3) is 0.368. The Morgan fingerprint density at radius 1 is 1.35 bits per heavy atom. The van der Waals surface area contributed by atoms with E-state index in [4.69, 9.17) is 0 Å². The van der Waals surface area contributed by atoms with Gasteiger partial charge >= 0.3 is 0 Å². The Morgan fingerprint density at radius 3 is 3.00 bits per heavy atom. The van der Waals surface area contributed by atoms with E-state index in [2.05, 4.69) is 32.3 Å². The van der Waals surface area contributed by atoms with Crippen molar-refractivity contribution < 1.29 is 4.79 Å². The highest BCUT2D eigenvalue weighted by Crippen LogP contribution is 2.30. The highest BCUT2D eigenvalue weighted by molar-refractivity contribution is 5.99. The third kappa shape index (κ3) is 3.06. The average Bonchev–Trinajstić information content (AvgIpc) is 3.26. The van der Waals surface area contributed by atoms with E-state index in [9.17, 15) is 4.79 Å². The van der Waals surface area contributed by atoms with Gasteiger partial charge in [-0.2, -0.15) is 5.10 Å². The van der Waals surface area contributed by atoms with Gasteiger partial charge in [0.05, 0.1) is 30.2 Å². The zero-order valence-electron chi connectivity index (χ0n) is 15.0. The molecule has 0 aromatic carbocycles. The van der Waals surface area contributed by atoms with Crippen LogP contribution in [0.3, 0.4) is 0 Å². The molecule has 7 nitrogen and oxygen atoms in total. The number of aryl methyl sites for hydroxylation is 1. The van der Waals surface area contributed by atoms with E-state index in [1.165, 1.54) is 6.42 Å². The van der Waals surface area contributed by atoms with Crippen molar-refractivity contribution in [3.05, 3.63) is 59.3 Å². The molecule has 1 fully saturated rings. The van der Waals surface area contributed by atoms with Gasteiger partial charge in [-0.25, -0.2) is 9.50 Å². The summed E-state index contributed by atoms with van der Waals surface area (Å²) >= 11 is 0. The minimum absolute atomic E-state index is 0.187. The van der Waals surface area contributed by atoms with Gasteiger partial charge in [-0.15, -0.1) is 0 Å². The first-order valence-electron chi connectivity index (χ1n) is 8.87. The summed E-state index contributed by atoms with van der Waals surface area (Å²) in [5, 5.41) is 7.35. The van der Waals surface area contributed by atoms with Gasteiger partial charge in [0, 0.05) is 11.9 Å². The molecule has 0 bridgehead atoms. The van der Waals surface area contributed by atoms with Gasteiger partial charge in [-0.05, 0) is 51.6 Å². The van der Waals surface area contributed by atoms with Crippen LogP contribution in [0.1, 0.15) is 46.3 Å². The molecule has 4 rings (SSSR count). The molecule has 1 saturated heterocycles. The number of aromatic nitrogens is 4. The number of carbonyl (C=O) groups is 1. The van der Waals surface area contributed by atoms with Crippen LogP contribution in [0.25, 0.3) is 5.65 Å². The van der Waals surface area contributed by atoms with E-state index in [0.29, 0.717) is 23.8 Å². The van der Waals surface area contributed by atoms with E-state index in [1.807, 2.05) is 31.2 Å². The maximum atomic E-state index is 12.6. The Hall–Kier alpha value is -2.80. The van der Waals surface area contributed by atoms with Crippen LogP contribution in [0.2, 0.25) is 0 Å². The summed E-state index contributed by atoms with van der Waals surface area (Å²) in [6.45, 7) is 3.39. The predicted octanol–water partition coefficient (Wildman–Crippen LogP) is 2.13. The van der Waals surface area contributed by atoms with Crippen LogP contribution < -0.4 is 5.32 Å². The second kappa shape index (κ2) is 6.84. The van der Waals surface area contributed by atoms with E-state index in [0.717, 1.165) is 30.0 Å². The van der Waals surface area contributed by atoms with Crippen molar-refractivity contribution in [3.63, 3.8) is 0 Å². The SMILES string of the molecule is Cc1cccc(CNC(=O)c2cnn3c(C4CCCN4C)ccnc23)n1. The number of rotatable bonds is 4. The fourth-order valence-corrected chi connectivity index (χ4v) is 3.57. The average molecular weight is 350 g/mol. The first-order valence-corrected chi connectivity index (χ1v) is 8.87. The molecular formula is C19H22N6O. The van der Waals surface area contributed by atoms with Crippen molar-refractivity contribution in [2.45, 2.75) is 32.4 Å². The van der Waals surface area contributed by atoms with Crippen LogP contribution in [-0.4, -0.2) is 44.0 Å². The monoisotopic (exact) mass is 350 g/mol. The van der Waals surface area contributed by atoms with Crippen molar-refractivity contribution in [1.82, 2.24) is 29.8 Å². The van der Waals surface area contributed by atoms with E-state index >= 15 is 0 Å². The molecular weight excluding hydrogens is 328 g/mol. The number of hydrogen-bond donors (Lipinski definition) is 1. The number of hydrogen-bond acceptors (Lipinski definition) is 5. The molecule has 0 aliphatic carbocycles. The number of amides is 1. The lowest BCUT2D eigenvalue weighted by atomic mass is 10.1. The van der Waals surface area contributed by atoms with Gasteiger partial charge in [-0.1, -0.05) is 6.07 Å². The molecule has 1 atom stereocenters. The van der Waals surface area contributed by atoms with Gasteiger partial charge in [0.2, 0.25) is 0 Å². The van der Waals surface area contributed by atoms with Crippen LogP contribution in [0.5, 0.6) is 0 Å². The summed E-state index contributed by atoms with van der Waals surface area (Å²) < 4.78 is 1.80. The molecule has 7 heteroatoms. The van der Waals surface area contributed by atoms with Crippen LogP contribution in [-0.2, 0) is 6.54 Å². The third-order valence-corrected chi connectivity index (χ3v) is 4.91. The van der Waals surface area contributed by atoms with Crippen molar-refractivity contribution >= 4 is 11.6 Å². The molecule has 1 unspecified atom stereocenters. The molecule has 1 N–H and O–H groups in total. The Morgan fingerprint density at radius 2 is 2.23 bits per heavy atom. The van der Waals surface area contributed by atoms with Crippen molar-refractivity contribution in [2.75, 3.05) is 13.6 Å². The highest BCUT2D eigenvalue weighted by atomic mass is 16.1. The van der Waals surface area contributed by atoms with Crippen LogP contribution >= 0.6 is 0 Å². The largest absolute Gasteiger partial charge is 0.346 e. The quantitative estimate of drug-likeness (QED) is 0.780. The summed E-state index contributed by atoms with van der Waals surface area (Å²) in [4.78, 5) is 23.8. The molecule has 0 radical (unpaired) electrons. The third-order valence-electron chi connectivity index (χ3n) is 4.91. The topological polar surface area (TPSA) is 75.4 Å². The van der Waals surface area contributed by atoms with Crippen molar-refractivity contribution in [1.29, 1.82) is 0 Å². The minimum Gasteiger partial charge on any atom is -0.346 e. The van der Waals surface area contributed by atoms with E-state index in [-0.39, 0.29) is 5.91 Å². The number of nitrogens with zero attached hydrogens (tertiary/aromatic N) is 5. The lowest BCUT2D eigenvalue weighted by molar-refractivity contribution is 0.0952. The lowest BCUT2D eigenvalue weighted by Crippen LogP contribution is -2.24. The number of fused-ring (bicyclic) bond motifs is 1. The van der Waals surface area contributed by atoms with E-state index < -0.39 is 0 Å². The summed E-state index contributed by atoms with van der Waals surface area (Å²) in [5.74, 6) is -0.187. The first-order chi connectivity index (χ1) is 12.6. The molecule has 1 aliphatic rings. The Kier molecular flexibility index (Phi) is 4.38. The Labute approximate surface area is 152 Å². The summed E-state index contributed by atoms with van der Waals surface area (Å²) in [6.07, 6.45) is 5.62. The summed E-state index contributed by atoms with van der Waals surface area (Å²) in [5.41, 5.74) is 3.92. The molecule has 3 aromatic rings. The molecule has 4 heterocycles. The lowest BCUT2D eigenvalue weighted by Gasteiger charge is -2.20. The molecule has 0 spiro atoms. The van der Waals surface area contributed by atoms with Crippen molar-refractivity contribution in [2.24, 2.45) is 0 Å². The second-order valence-corrected chi connectivity index (χ2v) is 6.75. The first kappa shape index (κ1) is 16.7. The number of pyridine rings is 1. The smallest absolute Gasteiger partial charge is 0.257 e. The standard InChI is InChI=1S/C19H22N6O/c1-13-5-3-6-14(23-13)11-21-19(26)15-12-22-25-17(8-9-20-18(15)25)16-7-4-10-24(16)2/h3,5-6,8-9,12,16H,4,7,10-11H2,1-2H3,(H,21,26). The summed E-state index contributed by atoms with van der Waals surface area (Å²) in [6, 6.07) is 8.07. The Balaban J connectivity index is 1.58. The fourth-order valence-electron chi connectivity index (χ4n) is 3.57. The number of nitrogens with one attached hydrogen (secondary N) is 1. The second-order valence-electron chi connectivity index (χ2n) is 6.75. The number of likely N-dealkylation sites (tertiary alicyclic amines) is 1. The summed E-state index contributed by atoms with van der Waals surface area (Å²) in [7, 11) is 2.12. The minimum atomic E-state index is -0.187. The predicted molar refractivity (Wildman–Crippen MR) is 97.7 cm³/mol.